The summed E-state index contributed by atoms with van der Waals surface area (Å²) in [6.07, 6.45) is 4.89. The number of hydrogen-bond donors (Lipinski definition) is 1. The largest absolute Gasteiger partial charge is 0.338 e. The lowest BCUT2D eigenvalue weighted by molar-refractivity contribution is 0.109. The van der Waals surface area contributed by atoms with Crippen molar-refractivity contribution in [1.29, 1.82) is 0 Å². The van der Waals surface area contributed by atoms with E-state index in [0.717, 1.165) is 38.5 Å². The fraction of sp³-hybridized carbons (Fsp3) is 0.682. The van der Waals surface area contributed by atoms with Gasteiger partial charge in [-0.2, -0.15) is 0 Å². The number of carbonyl (C=O) groups excluding carboxylic acids is 1. The van der Waals surface area contributed by atoms with Crippen LogP contribution < -0.4 is 5.32 Å². The third-order valence-electron chi connectivity index (χ3n) is 6.08. The van der Waals surface area contributed by atoms with Crippen LogP contribution in [0.5, 0.6) is 0 Å². The zero-order valence-electron chi connectivity index (χ0n) is 17.1. The molecule has 0 radical (unpaired) electrons. The van der Waals surface area contributed by atoms with Crippen molar-refractivity contribution in [3.63, 3.8) is 0 Å². The van der Waals surface area contributed by atoms with Crippen LogP contribution in [-0.2, 0) is 0 Å². The molecule has 2 aliphatic heterocycles. The SMILES string of the molecule is CC1CCN(CCCCNC(=O)N2CCN(C)CC2c2ccccc2)CC1. The first-order valence-electron chi connectivity index (χ1n) is 10.6. The normalized spacial score (nSPS) is 22.7. The lowest BCUT2D eigenvalue weighted by Gasteiger charge is -2.40. The maximum atomic E-state index is 12.8. The van der Waals surface area contributed by atoms with Crippen LogP contribution in [-0.4, -0.2) is 73.6 Å². The van der Waals surface area contributed by atoms with Crippen molar-refractivity contribution in [3.05, 3.63) is 35.9 Å². The number of rotatable bonds is 6. The molecule has 1 aromatic carbocycles. The molecule has 2 amide bonds. The van der Waals surface area contributed by atoms with Gasteiger partial charge >= 0.3 is 6.03 Å². The number of likely N-dealkylation sites (N-methyl/N-ethyl adjacent to an activating group) is 1. The van der Waals surface area contributed by atoms with E-state index in [4.69, 9.17) is 0 Å². The summed E-state index contributed by atoms with van der Waals surface area (Å²) in [5, 5.41) is 3.16. The molecule has 2 aliphatic rings. The zero-order chi connectivity index (χ0) is 19.1. The van der Waals surface area contributed by atoms with Crippen molar-refractivity contribution in [1.82, 2.24) is 20.0 Å². The Balaban J connectivity index is 1.41. The van der Waals surface area contributed by atoms with Gasteiger partial charge in [-0.15, -0.1) is 0 Å². The van der Waals surface area contributed by atoms with Crippen LogP contribution in [0.15, 0.2) is 30.3 Å². The van der Waals surface area contributed by atoms with Gasteiger partial charge in [0.2, 0.25) is 0 Å². The summed E-state index contributed by atoms with van der Waals surface area (Å²) < 4.78 is 0. The van der Waals surface area contributed by atoms with Crippen molar-refractivity contribution >= 4 is 6.03 Å². The maximum absolute atomic E-state index is 12.8. The second-order valence-electron chi connectivity index (χ2n) is 8.35. The molecule has 2 heterocycles. The fourth-order valence-electron chi connectivity index (χ4n) is 4.17. The van der Waals surface area contributed by atoms with E-state index in [9.17, 15) is 4.79 Å². The number of piperidine rings is 1. The Kier molecular flexibility index (Phi) is 7.53. The van der Waals surface area contributed by atoms with Gasteiger partial charge in [-0.1, -0.05) is 37.3 Å². The van der Waals surface area contributed by atoms with E-state index in [1.807, 2.05) is 11.0 Å². The first-order valence-corrected chi connectivity index (χ1v) is 10.6. The summed E-state index contributed by atoms with van der Waals surface area (Å²) in [4.78, 5) is 19.7. The van der Waals surface area contributed by atoms with Crippen LogP contribution in [0.3, 0.4) is 0 Å². The molecule has 5 heteroatoms. The number of hydrogen-bond acceptors (Lipinski definition) is 3. The van der Waals surface area contributed by atoms with Crippen LogP contribution >= 0.6 is 0 Å². The molecular weight excluding hydrogens is 336 g/mol. The molecule has 5 nitrogen and oxygen atoms in total. The minimum absolute atomic E-state index is 0.0868. The quantitative estimate of drug-likeness (QED) is 0.780. The fourth-order valence-corrected chi connectivity index (χ4v) is 4.17. The number of urea groups is 1. The van der Waals surface area contributed by atoms with Crippen LogP contribution in [0.2, 0.25) is 0 Å². The molecule has 0 saturated carbocycles. The van der Waals surface area contributed by atoms with E-state index in [0.29, 0.717) is 0 Å². The molecule has 1 unspecified atom stereocenters. The van der Waals surface area contributed by atoms with Crippen molar-refractivity contribution in [2.75, 3.05) is 52.9 Å². The first kappa shape index (κ1) is 20.2. The highest BCUT2D eigenvalue weighted by molar-refractivity contribution is 5.75. The second kappa shape index (κ2) is 10.1. The molecule has 150 valence electrons. The summed E-state index contributed by atoms with van der Waals surface area (Å²) >= 11 is 0. The van der Waals surface area contributed by atoms with Crippen molar-refractivity contribution in [2.24, 2.45) is 5.92 Å². The van der Waals surface area contributed by atoms with Crippen molar-refractivity contribution in [2.45, 2.75) is 38.6 Å². The number of unbranched alkanes of at least 4 members (excludes halogenated alkanes) is 1. The molecule has 27 heavy (non-hydrogen) atoms. The van der Waals surface area contributed by atoms with E-state index in [-0.39, 0.29) is 12.1 Å². The van der Waals surface area contributed by atoms with Gasteiger partial charge in [-0.05, 0) is 63.8 Å². The molecule has 0 aliphatic carbocycles. The summed E-state index contributed by atoms with van der Waals surface area (Å²) in [6, 6.07) is 10.6. The highest BCUT2D eigenvalue weighted by Crippen LogP contribution is 2.24. The third kappa shape index (κ3) is 5.94. The third-order valence-corrected chi connectivity index (χ3v) is 6.08. The standard InChI is InChI=1S/C22H36N4O/c1-19-10-14-25(15-11-19)13-7-6-12-23-22(27)26-17-16-24(2)18-21(26)20-8-4-3-5-9-20/h3-5,8-9,19,21H,6-7,10-18H2,1-2H3,(H,23,27). The van der Waals surface area contributed by atoms with Crippen LogP contribution in [0.25, 0.3) is 0 Å². The number of nitrogens with one attached hydrogen (secondary N) is 1. The Morgan fingerprint density at radius 3 is 2.56 bits per heavy atom. The number of piperazine rings is 1. The Bertz CT molecular complexity index is 571. The zero-order valence-corrected chi connectivity index (χ0v) is 17.1. The highest BCUT2D eigenvalue weighted by atomic mass is 16.2. The number of nitrogens with zero attached hydrogens (tertiary/aromatic N) is 3. The number of carbonyl (C=O) groups is 1. The summed E-state index contributed by atoms with van der Waals surface area (Å²) in [5.41, 5.74) is 1.22. The second-order valence-corrected chi connectivity index (χ2v) is 8.35. The lowest BCUT2D eigenvalue weighted by Crippen LogP contribution is -2.52. The molecule has 0 bridgehead atoms. The van der Waals surface area contributed by atoms with Crippen molar-refractivity contribution < 1.29 is 4.79 Å². The van der Waals surface area contributed by atoms with E-state index in [1.54, 1.807) is 0 Å². The minimum atomic E-state index is 0.0868. The average molecular weight is 373 g/mol. The predicted molar refractivity (Wildman–Crippen MR) is 111 cm³/mol. The Hall–Kier alpha value is -1.59. The van der Waals surface area contributed by atoms with Gasteiger partial charge in [0.05, 0.1) is 6.04 Å². The van der Waals surface area contributed by atoms with Crippen LogP contribution in [0, 0.1) is 5.92 Å². The molecule has 0 spiro atoms. The first-order chi connectivity index (χ1) is 13.1. The molecule has 1 atom stereocenters. The topological polar surface area (TPSA) is 38.8 Å². The molecule has 0 aromatic heterocycles. The van der Waals surface area contributed by atoms with E-state index >= 15 is 0 Å². The molecule has 1 aromatic rings. The number of likely N-dealkylation sites (tertiary alicyclic amines) is 1. The van der Waals surface area contributed by atoms with Gasteiger partial charge in [-0.25, -0.2) is 4.79 Å². The van der Waals surface area contributed by atoms with E-state index in [2.05, 4.69) is 53.4 Å². The predicted octanol–water partition coefficient (Wildman–Crippen LogP) is 3.20. The van der Waals surface area contributed by atoms with Gasteiger partial charge < -0.3 is 20.0 Å². The molecule has 1 N–H and O–H groups in total. The Labute approximate surface area is 164 Å². The van der Waals surface area contributed by atoms with Gasteiger partial charge in [-0.3, -0.25) is 0 Å². The number of benzene rings is 1. The summed E-state index contributed by atoms with van der Waals surface area (Å²) in [7, 11) is 2.13. The van der Waals surface area contributed by atoms with E-state index < -0.39 is 0 Å². The van der Waals surface area contributed by atoms with Gasteiger partial charge in [0, 0.05) is 26.2 Å². The Morgan fingerprint density at radius 1 is 1.07 bits per heavy atom. The minimum Gasteiger partial charge on any atom is -0.338 e. The lowest BCUT2D eigenvalue weighted by atomic mass is 9.99. The van der Waals surface area contributed by atoms with Gasteiger partial charge in [0.15, 0.2) is 0 Å². The summed E-state index contributed by atoms with van der Waals surface area (Å²) in [5.74, 6) is 0.890. The summed E-state index contributed by atoms with van der Waals surface area (Å²) in [6.45, 7) is 9.40. The van der Waals surface area contributed by atoms with E-state index in [1.165, 1.54) is 44.5 Å². The molecular formula is C22H36N4O. The van der Waals surface area contributed by atoms with Crippen LogP contribution in [0.1, 0.15) is 44.2 Å². The van der Waals surface area contributed by atoms with Crippen molar-refractivity contribution in [3.8, 4) is 0 Å². The van der Waals surface area contributed by atoms with Crippen LogP contribution in [0.4, 0.5) is 4.79 Å². The monoisotopic (exact) mass is 372 g/mol. The maximum Gasteiger partial charge on any atom is 0.318 e. The van der Waals surface area contributed by atoms with Gasteiger partial charge in [0.25, 0.3) is 0 Å². The average Bonchev–Trinajstić information content (AvgIpc) is 2.69. The Morgan fingerprint density at radius 2 is 1.81 bits per heavy atom. The molecule has 3 rings (SSSR count). The smallest absolute Gasteiger partial charge is 0.318 e. The molecule has 2 saturated heterocycles. The van der Waals surface area contributed by atoms with Gasteiger partial charge in [0.1, 0.15) is 0 Å². The highest BCUT2D eigenvalue weighted by Gasteiger charge is 2.29. The molecule has 2 fully saturated rings. The number of amides is 2.